The highest BCUT2D eigenvalue weighted by atomic mass is 16.1. The van der Waals surface area contributed by atoms with E-state index in [1.54, 1.807) is 6.07 Å². The maximum absolute atomic E-state index is 13.5. The fourth-order valence-electron chi connectivity index (χ4n) is 5.96. The molecule has 0 amide bonds. The van der Waals surface area contributed by atoms with Gasteiger partial charge in [0, 0.05) is 40.1 Å². The molecule has 0 fully saturated rings. The number of allylic oxidation sites excluding steroid dienone is 6. The van der Waals surface area contributed by atoms with E-state index in [0.717, 1.165) is 44.2 Å². The third kappa shape index (κ3) is 3.14. The van der Waals surface area contributed by atoms with Gasteiger partial charge in [0.1, 0.15) is 17.7 Å². The summed E-state index contributed by atoms with van der Waals surface area (Å²) in [6.45, 7) is 5.46. The number of ketones is 1. The van der Waals surface area contributed by atoms with Gasteiger partial charge in [-0.2, -0.15) is 10.5 Å². The molecule has 4 heteroatoms. The number of benzene rings is 2. The van der Waals surface area contributed by atoms with Gasteiger partial charge in [-0.05, 0) is 61.4 Å². The molecule has 0 saturated carbocycles. The third-order valence-corrected chi connectivity index (χ3v) is 7.49. The van der Waals surface area contributed by atoms with E-state index in [2.05, 4.69) is 43.0 Å². The number of para-hydroxylation sites is 1. The molecule has 1 atom stereocenters. The standard InChI is InChI=1S/C30H27N3O/c1-3-4-16-33-26-14-8-7-13-25(26)30(2)15-9-10-20(29(30)33)17-24-27(21(18-31)19-32)22-11-5-6-12-23(22)28(24)34/h5-8,11-14,17H,3-4,9-10,15-16H2,1-2H3. The molecule has 0 saturated heterocycles. The van der Waals surface area contributed by atoms with Gasteiger partial charge in [0.15, 0.2) is 5.78 Å². The Labute approximate surface area is 201 Å². The van der Waals surface area contributed by atoms with Crippen molar-refractivity contribution in [2.24, 2.45) is 0 Å². The second kappa shape index (κ2) is 8.47. The van der Waals surface area contributed by atoms with Crippen molar-refractivity contribution in [3.8, 4) is 12.1 Å². The van der Waals surface area contributed by atoms with Gasteiger partial charge in [-0.25, -0.2) is 0 Å². The Morgan fingerprint density at radius 1 is 1.09 bits per heavy atom. The predicted octanol–water partition coefficient (Wildman–Crippen LogP) is 6.63. The minimum atomic E-state index is -0.110. The van der Waals surface area contributed by atoms with E-state index in [0.29, 0.717) is 22.3 Å². The van der Waals surface area contributed by atoms with Crippen LogP contribution < -0.4 is 4.90 Å². The second-order valence-corrected chi connectivity index (χ2v) is 9.49. The molecule has 0 N–H and O–H groups in total. The molecule has 0 spiro atoms. The van der Waals surface area contributed by atoms with Crippen molar-refractivity contribution < 1.29 is 4.79 Å². The van der Waals surface area contributed by atoms with Crippen LogP contribution in [0.25, 0.3) is 5.57 Å². The number of nitrogens with zero attached hydrogens (tertiary/aromatic N) is 3. The Kier molecular flexibility index (Phi) is 5.46. The first-order valence-electron chi connectivity index (χ1n) is 12.1. The van der Waals surface area contributed by atoms with Crippen LogP contribution in [0.1, 0.15) is 67.4 Å². The van der Waals surface area contributed by atoms with E-state index < -0.39 is 0 Å². The molecule has 4 nitrogen and oxygen atoms in total. The van der Waals surface area contributed by atoms with Crippen LogP contribution in [0.5, 0.6) is 0 Å². The molecular formula is C30H27N3O. The topological polar surface area (TPSA) is 67.9 Å². The second-order valence-electron chi connectivity index (χ2n) is 9.49. The van der Waals surface area contributed by atoms with Crippen LogP contribution in [-0.2, 0) is 5.41 Å². The maximum Gasteiger partial charge on any atom is 0.194 e. The fourth-order valence-corrected chi connectivity index (χ4v) is 5.96. The molecular weight excluding hydrogens is 418 g/mol. The van der Waals surface area contributed by atoms with Gasteiger partial charge in [0.05, 0.1) is 0 Å². The lowest BCUT2D eigenvalue weighted by atomic mass is 9.71. The summed E-state index contributed by atoms with van der Waals surface area (Å²) < 4.78 is 0. The molecule has 2 aromatic carbocycles. The smallest absolute Gasteiger partial charge is 0.194 e. The summed E-state index contributed by atoms with van der Waals surface area (Å²) in [7, 11) is 0. The SMILES string of the molecule is CCCCN1C2=C(C=C3C(=O)c4ccccc4C3=C(C#N)C#N)CCCC2(C)c2ccccc21. The van der Waals surface area contributed by atoms with E-state index in [4.69, 9.17) is 0 Å². The molecule has 1 heterocycles. The summed E-state index contributed by atoms with van der Waals surface area (Å²) in [5.41, 5.74) is 7.10. The first kappa shape index (κ1) is 21.9. The summed E-state index contributed by atoms with van der Waals surface area (Å²) in [4.78, 5) is 16.0. The molecule has 5 rings (SSSR count). The number of fused-ring (bicyclic) bond motifs is 4. The zero-order chi connectivity index (χ0) is 23.9. The quantitative estimate of drug-likeness (QED) is 0.391. The third-order valence-electron chi connectivity index (χ3n) is 7.49. The number of hydrogen-bond acceptors (Lipinski definition) is 4. The van der Waals surface area contributed by atoms with E-state index >= 15 is 0 Å². The molecule has 0 aromatic heterocycles. The van der Waals surface area contributed by atoms with E-state index in [-0.39, 0.29) is 16.8 Å². The number of nitriles is 2. The Morgan fingerprint density at radius 3 is 2.53 bits per heavy atom. The lowest BCUT2D eigenvalue weighted by Gasteiger charge is -2.36. The minimum absolute atomic E-state index is 0.00808. The lowest BCUT2D eigenvalue weighted by Crippen LogP contribution is -2.33. The summed E-state index contributed by atoms with van der Waals surface area (Å²) in [6.07, 6.45) is 7.14. The number of hydrogen-bond donors (Lipinski definition) is 0. The fraction of sp³-hybridized carbons (Fsp3) is 0.300. The maximum atomic E-state index is 13.5. The zero-order valence-electron chi connectivity index (χ0n) is 19.7. The highest BCUT2D eigenvalue weighted by Gasteiger charge is 2.46. The van der Waals surface area contributed by atoms with Gasteiger partial charge in [-0.1, -0.05) is 55.8 Å². The van der Waals surface area contributed by atoms with E-state index in [9.17, 15) is 15.3 Å². The highest BCUT2D eigenvalue weighted by Crippen LogP contribution is 2.55. The summed E-state index contributed by atoms with van der Waals surface area (Å²) in [5.74, 6) is -0.107. The van der Waals surface area contributed by atoms with Crippen molar-refractivity contribution in [1.29, 1.82) is 10.5 Å². The van der Waals surface area contributed by atoms with Crippen molar-refractivity contribution in [1.82, 2.24) is 0 Å². The van der Waals surface area contributed by atoms with Crippen LogP contribution in [0.4, 0.5) is 5.69 Å². The average Bonchev–Trinajstić information content (AvgIpc) is 3.28. The molecule has 1 aliphatic heterocycles. The largest absolute Gasteiger partial charge is 0.344 e. The zero-order valence-corrected chi connectivity index (χ0v) is 19.7. The Balaban J connectivity index is 1.75. The number of rotatable bonds is 4. The van der Waals surface area contributed by atoms with Crippen LogP contribution >= 0.6 is 0 Å². The first-order valence-corrected chi connectivity index (χ1v) is 12.1. The summed E-state index contributed by atoms with van der Waals surface area (Å²) >= 11 is 0. The van der Waals surface area contributed by atoms with Gasteiger partial charge in [-0.15, -0.1) is 0 Å². The molecule has 34 heavy (non-hydrogen) atoms. The highest BCUT2D eigenvalue weighted by molar-refractivity contribution is 6.28. The molecule has 2 aromatic rings. The summed E-state index contributed by atoms with van der Waals surface area (Å²) in [6, 6.07) is 20.0. The Morgan fingerprint density at radius 2 is 1.79 bits per heavy atom. The van der Waals surface area contributed by atoms with Crippen LogP contribution in [0.3, 0.4) is 0 Å². The number of carbonyl (C=O) groups excluding carboxylic acids is 1. The summed E-state index contributed by atoms with van der Waals surface area (Å²) in [5, 5.41) is 19.4. The van der Waals surface area contributed by atoms with Crippen LogP contribution in [0.15, 0.2) is 77.0 Å². The van der Waals surface area contributed by atoms with E-state index in [1.165, 1.54) is 16.9 Å². The molecule has 1 unspecified atom stereocenters. The van der Waals surface area contributed by atoms with Gasteiger partial charge in [0.2, 0.25) is 0 Å². The van der Waals surface area contributed by atoms with Crippen molar-refractivity contribution in [3.05, 3.63) is 93.7 Å². The number of unbranched alkanes of at least 4 members (excludes halogenated alkanes) is 1. The van der Waals surface area contributed by atoms with Crippen LogP contribution in [0.2, 0.25) is 0 Å². The average molecular weight is 446 g/mol. The van der Waals surface area contributed by atoms with Gasteiger partial charge < -0.3 is 4.90 Å². The van der Waals surface area contributed by atoms with Gasteiger partial charge in [-0.3, -0.25) is 4.79 Å². The number of anilines is 1. The Hall–Kier alpha value is -3.89. The van der Waals surface area contributed by atoms with E-state index in [1.807, 2.05) is 36.4 Å². The lowest BCUT2D eigenvalue weighted by molar-refractivity contribution is 0.104. The molecule has 0 radical (unpaired) electrons. The van der Waals surface area contributed by atoms with Gasteiger partial charge in [0.25, 0.3) is 0 Å². The van der Waals surface area contributed by atoms with Crippen molar-refractivity contribution in [3.63, 3.8) is 0 Å². The van der Waals surface area contributed by atoms with Crippen LogP contribution in [-0.4, -0.2) is 12.3 Å². The van der Waals surface area contributed by atoms with Gasteiger partial charge >= 0.3 is 0 Å². The van der Waals surface area contributed by atoms with Crippen molar-refractivity contribution >= 4 is 17.0 Å². The number of Topliss-reactive ketones (excluding diaryl/α,β-unsaturated/α-hetero) is 1. The van der Waals surface area contributed by atoms with Crippen molar-refractivity contribution in [2.75, 3.05) is 11.4 Å². The number of carbonyl (C=O) groups is 1. The molecule has 2 aliphatic carbocycles. The van der Waals surface area contributed by atoms with Crippen molar-refractivity contribution in [2.45, 2.75) is 51.4 Å². The van der Waals surface area contributed by atoms with Crippen LogP contribution in [0, 0.1) is 22.7 Å². The minimum Gasteiger partial charge on any atom is -0.344 e. The molecule has 3 aliphatic rings. The predicted molar refractivity (Wildman–Crippen MR) is 134 cm³/mol. The molecule has 0 bridgehead atoms. The normalized spacial score (nSPS) is 21.8. The first-order chi connectivity index (χ1) is 16.5. The monoisotopic (exact) mass is 445 g/mol. The Bertz CT molecular complexity index is 1360. The molecule has 168 valence electrons.